The van der Waals surface area contributed by atoms with Crippen LogP contribution in [0.25, 0.3) is 0 Å². The van der Waals surface area contributed by atoms with Crippen molar-refractivity contribution >= 4 is 17.8 Å². The third-order valence-electron chi connectivity index (χ3n) is 5.46. The first-order valence-electron chi connectivity index (χ1n) is 8.81. The molecule has 3 rings (SSSR count). The van der Waals surface area contributed by atoms with Gasteiger partial charge in [0.25, 0.3) is 0 Å². The Balaban J connectivity index is 1.52. The number of carboxylic acids is 1. The van der Waals surface area contributed by atoms with E-state index in [9.17, 15) is 14.4 Å². The Morgan fingerprint density at radius 2 is 1.60 bits per heavy atom. The third kappa shape index (κ3) is 3.67. The maximum atomic E-state index is 12.5. The van der Waals surface area contributed by atoms with Crippen molar-refractivity contribution in [2.24, 2.45) is 11.8 Å². The van der Waals surface area contributed by atoms with Crippen LogP contribution in [0.3, 0.4) is 0 Å². The van der Waals surface area contributed by atoms with Gasteiger partial charge in [0.05, 0.1) is 18.3 Å². The van der Waals surface area contributed by atoms with Gasteiger partial charge in [0.15, 0.2) is 0 Å². The molecule has 1 saturated heterocycles. The Bertz CT molecular complexity index is 680. The van der Waals surface area contributed by atoms with Crippen molar-refractivity contribution in [1.82, 2.24) is 9.80 Å². The lowest BCUT2D eigenvalue weighted by Crippen LogP contribution is -2.54. The molecular formula is C19H24N2O4. The van der Waals surface area contributed by atoms with Crippen LogP contribution < -0.4 is 0 Å². The number of aryl methyl sites for hydroxylation is 1. The number of carbonyl (C=O) groups is 3. The van der Waals surface area contributed by atoms with Crippen molar-refractivity contribution in [2.75, 3.05) is 26.2 Å². The number of amides is 2. The molecule has 0 aromatic heterocycles. The smallest absolute Gasteiger partial charge is 0.307 e. The Kier molecular flexibility index (Phi) is 5.06. The lowest BCUT2D eigenvalue weighted by Gasteiger charge is -2.40. The molecule has 0 bridgehead atoms. The molecule has 1 N–H and O–H groups in total. The number of carboxylic acid groups (broad SMARTS) is 1. The summed E-state index contributed by atoms with van der Waals surface area (Å²) in [7, 11) is 0. The fourth-order valence-electron chi connectivity index (χ4n) is 3.59. The van der Waals surface area contributed by atoms with Crippen molar-refractivity contribution in [3.05, 3.63) is 35.4 Å². The highest BCUT2D eigenvalue weighted by Crippen LogP contribution is 2.36. The normalized spacial score (nSPS) is 23.1. The van der Waals surface area contributed by atoms with Gasteiger partial charge >= 0.3 is 5.97 Å². The van der Waals surface area contributed by atoms with Gasteiger partial charge in [0, 0.05) is 26.2 Å². The zero-order valence-corrected chi connectivity index (χ0v) is 14.5. The second kappa shape index (κ2) is 7.25. The van der Waals surface area contributed by atoms with Crippen LogP contribution in [0.2, 0.25) is 0 Å². The molecular weight excluding hydrogens is 320 g/mol. The molecule has 134 valence electrons. The quantitative estimate of drug-likeness (QED) is 0.894. The van der Waals surface area contributed by atoms with E-state index in [-0.39, 0.29) is 17.7 Å². The number of piperazine rings is 1. The molecule has 1 aliphatic heterocycles. The Morgan fingerprint density at radius 1 is 1.00 bits per heavy atom. The second-order valence-corrected chi connectivity index (χ2v) is 6.94. The minimum Gasteiger partial charge on any atom is -0.481 e. The van der Waals surface area contributed by atoms with Gasteiger partial charge in [-0.05, 0) is 30.9 Å². The van der Waals surface area contributed by atoms with Crippen LogP contribution in [0, 0.1) is 18.8 Å². The summed E-state index contributed by atoms with van der Waals surface area (Å²) in [6.07, 6.45) is 1.62. The van der Waals surface area contributed by atoms with Gasteiger partial charge in [-0.25, -0.2) is 0 Å². The van der Waals surface area contributed by atoms with Crippen molar-refractivity contribution in [3.8, 4) is 0 Å². The number of nitrogens with zero attached hydrogens (tertiary/aromatic N) is 2. The van der Waals surface area contributed by atoms with E-state index in [1.165, 1.54) is 0 Å². The Hall–Kier alpha value is -2.37. The van der Waals surface area contributed by atoms with Crippen LogP contribution in [0.4, 0.5) is 0 Å². The highest BCUT2D eigenvalue weighted by molar-refractivity contribution is 5.86. The predicted molar refractivity (Wildman–Crippen MR) is 91.9 cm³/mol. The van der Waals surface area contributed by atoms with E-state index in [2.05, 4.69) is 0 Å². The minimum atomic E-state index is -0.878. The van der Waals surface area contributed by atoms with Crippen LogP contribution in [0.15, 0.2) is 24.3 Å². The molecule has 2 amide bonds. The average molecular weight is 344 g/mol. The highest BCUT2D eigenvalue weighted by atomic mass is 16.4. The first kappa shape index (κ1) is 17.5. The summed E-state index contributed by atoms with van der Waals surface area (Å²) in [5, 5.41) is 9.10. The fraction of sp³-hybridized carbons (Fsp3) is 0.526. The second-order valence-electron chi connectivity index (χ2n) is 6.94. The fourth-order valence-corrected chi connectivity index (χ4v) is 3.59. The van der Waals surface area contributed by atoms with E-state index in [0.717, 1.165) is 11.1 Å². The van der Waals surface area contributed by atoms with E-state index in [4.69, 9.17) is 5.11 Å². The molecule has 2 fully saturated rings. The van der Waals surface area contributed by atoms with Gasteiger partial charge in [-0.15, -0.1) is 0 Å². The van der Waals surface area contributed by atoms with Crippen molar-refractivity contribution in [1.29, 1.82) is 0 Å². The van der Waals surface area contributed by atoms with Crippen molar-refractivity contribution in [3.63, 3.8) is 0 Å². The molecule has 1 aromatic carbocycles. The number of hydrogen-bond acceptors (Lipinski definition) is 3. The van der Waals surface area contributed by atoms with Crippen molar-refractivity contribution in [2.45, 2.75) is 26.2 Å². The molecule has 2 aliphatic rings. The summed E-state index contributed by atoms with van der Waals surface area (Å²) in [6.45, 7) is 4.00. The largest absolute Gasteiger partial charge is 0.481 e. The monoisotopic (exact) mass is 344 g/mol. The summed E-state index contributed by atoms with van der Waals surface area (Å²) < 4.78 is 0. The average Bonchev–Trinajstić information content (AvgIpc) is 2.55. The molecule has 0 radical (unpaired) electrons. The zero-order chi connectivity index (χ0) is 18.0. The topological polar surface area (TPSA) is 77.9 Å². The van der Waals surface area contributed by atoms with Gasteiger partial charge < -0.3 is 14.9 Å². The number of carbonyl (C=O) groups excluding carboxylic acids is 2. The first-order chi connectivity index (χ1) is 12.0. The van der Waals surface area contributed by atoms with Gasteiger partial charge in [0.1, 0.15) is 0 Å². The third-order valence-corrected chi connectivity index (χ3v) is 5.46. The zero-order valence-electron chi connectivity index (χ0n) is 14.5. The van der Waals surface area contributed by atoms with E-state index >= 15 is 0 Å². The molecule has 1 heterocycles. The number of aliphatic carboxylic acids is 1. The Morgan fingerprint density at radius 3 is 2.16 bits per heavy atom. The van der Waals surface area contributed by atoms with E-state index in [1.807, 2.05) is 31.2 Å². The van der Waals surface area contributed by atoms with Crippen LogP contribution in [-0.2, 0) is 20.8 Å². The minimum absolute atomic E-state index is 0.0651. The molecule has 1 aliphatic carbocycles. The lowest BCUT2D eigenvalue weighted by atomic mass is 9.73. The number of hydrogen-bond donors (Lipinski definition) is 1. The van der Waals surface area contributed by atoms with E-state index in [0.29, 0.717) is 45.4 Å². The molecule has 2 atom stereocenters. The molecule has 1 saturated carbocycles. The van der Waals surface area contributed by atoms with Gasteiger partial charge in [-0.3, -0.25) is 14.4 Å². The highest BCUT2D eigenvalue weighted by Gasteiger charge is 2.43. The van der Waals surface area contributed by atoms with Gasteiger partial charge in [0.2, 0.25) is 11.8 Å². The maximum absolute atomic E-state index is 12.5. The standard InChI is InChI=1S/C19H24N2O4/c1-13-4-2-3-5-14(13)12-17(22)20-8-10-21(11-9-20)18(23)15-6-7-16(15)19(24)25/h2-5,15-16H,6-12H2,1H3,(H,24,25). The van der Waals surface area contributed by atoms with Crippen molar-refractivity contribution < 1.29 is 19.5 Å². The van der Waals surface area contributed by atoms with Crippen LogP contribution in [0.1, 0.15) is 24.0 Å². The molecule has 6 heteroatoms. The Labute approximate surface area is 147 Å². The summed E-state index contributed by atoms with van der Waals surface area (Å²) in [5.41, 5.74) is 2.14. The predicted octanol–water partition coefficient (Wildman–Crippen LogP) is 1.32. The molecule has 2 unspecified atom stereocenters. The first-order valence-corrected chi connectivity index (χ1v) is 8.81. The molecule has 0 spiro atoms. The van der Waals surface area contributed by atoms with E-state index in [1.54, 1.807) is 9.80 Å². The van der Waals surface area contributed by atoms with Crippen LogP contribution >= 0.6 is 0 Å². The molecule has 1 aromatic rings. The van der Waals surface area contributed by atoms with Gasteiger partial charge in [-0.2, -0.15) is 0 Å². The summed E-state index contributed by atoms with van der Waals surface area (Å²) in [5.74, 6) is -1.78. The summed E-state index contributed by atoms with van der Waals surface area (Å²) in [4.78, 5) is 39.6. The maximum Gasteiger partial charge on any atom is 0.307 e. The summed E-state index contributed by atoms with van der Waals surface area (Å²) in [6, 6.07) is 7.86. The van der Waals surface area contributed by atoms with E-state index < -0.39 is 11.9 Å². The number of rotatable bonds is 4. The molecule has 25 heavy (non-hydrogen) atoms. The van der Waals surface area contributed by atoms with Gasteiger partial charge in [-0.1, -0.05) is 24.3 Å². The SMILES string of the molecule is Cc1ccccc1CC(=O)N1CCN(C(=O)C2CCC2C(=O)O)CC1. The summed E-state index contributed by atoms with van der Waals surface area (Å²) >= 11 is 0. The molecule has 6 nitrogen and oxygen atoms in total. The lowest BCUT2D eigenvalue weighted by molar-refractivity contribution is -0.157. The van der Waals surface area contributed by atoms with Crippen LogP contribution in [0.5, 0.6) is 0 Å². The number of benzene rings is 1. The van der Waals surface area contributed by atoms with Crippen LogP contribution in [-0.4, -0.2) is 58.9 Å².